The fourth-order valence-electron chi connectivity index (χ4n) is 7.62. The molecule has 5 N–H and O–H groups in total. The second kappa shape index (κ2) is 25.2. The average molecular weight is 892 g/mol. The van der Waals surface area contributed by atoms with Crippen LogP contribution < -0.4 is 36.4 Å². The van der Waals surface area contributed by atoms with Gasteiger partial charge in [-0.1, -0.05) is 14.9 Å². The molecule has 344 valence electrons. The molecule has 4 aliphatic heterocycles. The summed E-state index contributed by atoms with van der Waals surface area (Å²) in [6, 6.07) is 14.9. The number of methoxy groups -OCH3 is 1. The number of halogens is 1. The van der Waals surface area contributed by atoms with Gasteiger partial charge in [-0.15, -0.1) is 12.4 Å². The molecule has 4 amide bonds. The molecular formula is C45H67ClN12O5. The van der Waals surface area contributed by atoms with Crippen LogP contribution >= 0.6 is 12.4 Å². The summed E-state index contributed by atoms with van der Waals surface area (Å²) in [6.07, 6.45) is 1.87. The van der Waals surface area contributed by atoms with E-state index in [9.17, 15) is 9.59 Å². The first-order valence-electron chi connectivity index (χ1n) is 21.1. The van der Waals surface area contributed by atoms with Gasteiger partial charge in [-0.3, -0.25) is 4.90 Å². The summed E-state index contributed by atoms with van der Waals surface area (Å²) in [5, 5.41) is 14.5. The Balaban J connectivity index is 0.000000266. The van der Waals surface area contributed by atoms with E-state index in [2.05, 4.69) is 41.3 Å². The Bertz CT molecular complexity index is 2050. The van der Waals surface area contributed by atoms with E-state index in [1.165, 1.54) is 11.1 Å². The molecule has 0 spiro atoms. The molecule has 8 rings (SSSR count). The van der Waals surface area contributed by atoms with Crippen molar-refractivity contribution >= 4 is 47.5 Å². The van der Waals surface area contributed by atoms with E-state index in [4.69, 9.17) is 34.1 Å². The number of nitrogens with one attached hydrogen (secondary N) is 5. The number of amides is 4. The third-order valence-electron chi connectivity index (χ3n) is 10.7. The number of rotatable bonds is 11. The van der Waals surface area contributed by atoms with Gasteiger partial charge in [0.2, 0.25) is 0 Å². The van der Waals surface area contributed by atoms with Crippen molar-refractivity contribution in [3.05, 3.63) is 71.0 Å². The van der Waals surface area contributed by atoms with Crippen molar-refractivity contribution in [1.29, 1.82) is 0 Å². The lowest BCUT2D eigenvalue weighted by Gasteiger charge is -2.34. The van der Waals surface area contributed by atoms with Crippen LogP contribution in [0.4, 0.5) is 32.6 Å². The predicted molar refractivity (Wildman–Crippen MR) is 253 cm³/mol. The number of hydrogen-bond acceptors (Lipinski definition) is 13. The molecule has 0 bridgehead atoms. The molecule has 0 radical (unpaired) electrons. The van der Waals surface area contributed by atoms with Gasteiger partial charge in [-0.25, -0.2) is 29.5 Å². The molecule has 2 fully saturated rings. The Morgan fingerprint density at radius 1 is 0.683 bits per heavy atom. The number of fused-ring (bicyclic) bond motifs is 2. The highest BCUT2D eigenvalue weighted by Crippen LogP contribution is 2.31. The highest BCUT2D eigenvalue weighted by atomic mass is 35.5. The van der Waals surface area contributed by atoms with Gasteiger partial charge in [0.15, 0.2) is 11.6 Å². The third kappa shape index (κ3) is 13.4. The van der Waals surface area contributed by atoms with Crippen molar-refractivity contribution in [1.82, 2.24) is 40.8 Å². The quantitative estimate of drug-likeness (QED) is 0.126. The van der Waals surface area contributed by atoms with Gasteiger partial charge in [0.1, 0.15) is 11.6 Å². The maximum Gasteiger partial charge on any atom is 0.319 e. The first kappa shape index (κ1) is 50.5. The number of morpholine rings is 2. The van der Waals surface area contributed by atoms with Gasteiger partial charge in [0, 0.05) is 106 Å². The highest BCUT2D eigenvalue weighted by Gasteiger charge is 2.27. The second-order valence-corrected chi connectivity index (χ2v) is 14.9. The van der Waals surface area contributed by atoms with E-state index in [1.54, 1.807) is 7.11 Å². The minimum Gasteiger partial charge on any atom is -0.383 e. The molecule has 0 atom stereocenters. The number of ether oxygens (including phenoxy) is 3. The number of aromatic nitrogens is 4. The number of urea groups is 2. The Labute approximate surface area is 378 Å². The molecule has 0 saturated carbocycles. The summed E-state index contributed by atoms with van der Waals surface area (Å²) >= 11 is 0. The van der Waals surface area contributed by atoms with Crippen molar-refractivity contribution in [3.8, 4) is 22.8 Å². The minimum absolute atomic E-state index is 0. The number of nitrogens with zero attached hydrogens (tertiary/aromatic N) is 7. The normalized spacial score (nSPS) is 15.7. The van der Waals surface area contributed by atoms with E-state index >= 15 is 0 Å². The van der Waals surface area contributed by atoms with Crippen LogP contribution in [0.25, 0.3) is 22.8 Å². The lowest BCUT2D eigenvalue weighted by atomic mass is 10.0. The Morgan fingerprint density at radius 3 is 1.63 bits per heavy atom. The largest absolute Gasteiger partial charge is 0.383 e. The van der Waals surface area contributed by atoms with E-state index in [0.29, 0.717) is 44.6 Å². The van der Waals surface area contributed by atoms with Crippen LogP contribution in [0.15, 0.2) is 48.5 Å². The molecule has 0 unspecified atom stereocenters. The number of anilines is 4. The SMILES string of the molecule is C.C.CCNC(=O)Nc1ccc(-c2nc3c(c(N4CCOCC4)n2)CCN(CCOC)C3)cc1.CCNC(=O)Nc1ccc(-c2nc3c(c(N4CCOCC4)n2)CCNC3)cc1.Cl. The molecule has 17 nitrogen and oxygen atoms in total. The van der Waals surface area contributed by atoms with Crippen molar-refractivity contribution in [3.63, 3.8) is 0 Å². The van der Waals surface area contributed by atoms with Crippen molar-refractivity contribution < 1.29 is 23.8 Å². The molecule has 0 aliphatic carbocycles. The van der Waals surface area contributed by atoms with E-state index in [-0.39, 0.29) is 39.3 Å². The van der Waals surface area contributed by atoms with E-state index < -0.39 is 0 Å². The fourth-order valence-corrected chi connectivity index (χ4v) is 7.62. The first-order valence-corrected chi connectivity index (χ1v) is 21.1. The number of hydrogen-bond donors (Lipinski definition) is 5. The van der Waals surface area contributed by atoms with Crippen LogP contribution in [0, 0.1) is 0 Å². The summed E-state index contributed by atoms with van der Waals surface area (Å²) in [6.45, 7) is 16.3. The predicted octanol–water partition coefficient (Wildman–Crippen LogP) is 5.59. The zero-order valence-electron chi connectivity index (χ0n) is 35.4. The smallest absolute Gasteiger partial charge is 0.319 e. The zero-order valence-corrected chi connectivity index (χ0v) is 36.2. The van der Waals surface area contributed by atoms with Crippen LogP contribution in [0.5, 0.6) is 0 Å². The van der Waals surface area contributed by atoms with Crippen LogP contribution in [0.1, 0.15) is 51.2 Å². The maximum absolute atomic E-state index is 11.8. The van der Waals surface area contributed by atoms with Crippen molar-refractivity contribution in [2.75, 3.05) is 119 Å². The van der Waals surface area contributed by atoms with Gasteiger partial charge in [0.25, 0.3) is 0 Å². The molecular weight excluding hydrogens is 824 g/mol. The molecule has 18 heteroatoms. The average Bonchev–Trinajstić information content (AvgIpc) is 3.29. The molecule has 4 aliphatic rings. The standard InChI is InChI=1S/C23H32N6O3.C20H26N6O2.2CH4.ClH/c1-3-24-23(30)25-18-6-4-17(5-7-18)21-26-20-16-28(10-13-31-2)9-8-19(20)22(27-21)29-11-14-32-15-12-29;1-2-22-20(27)23-15-5-3-14(4-6-15)18-24-17-13-21-8-7-16(17)19(25-18)26-9-11-28-12-10-26;;;/h4-7H,3,8-16H2,1-2H3,(H2,24,25,30);3-6,21H,2,7-13H2,1H3,(H2,22,23,27);2*1H4;1H. The Morgan fingerprint density at radius 2 is 1.16 bits per heavy atom. The lowest BCUT2D eigenvalue weighted by Crippen LogP contribution is -2.40. The maximum atomic E-state index is 11.8. The lowest BCUT2D eigenvalue weighted by molar-refractivity contribution is 0.122. The molecule has 2 saturated heterocycles. The monoisotopic (exact) mass is 891 g/mol. The van der Waals surface area contributed by atoms with Gasteiger partial charge in [-0.05, 0) is 81.8 Å². The van der Waals surface area contributed by atoms with Crippen molar-refractivity contribution in [2.24, 2.45) is 0 Å². The van der Waals surface area contributed by atoms with Crippen LogP contribution in [-0.2, 0) is 40.1 Å². The summed E-state index contributed by atoms with van der Waals surface area (Å²) in [5.74, 6) is 3.50. The zero-order chi connectivity index (χ0) is 41.7. The topological polar surface area (TPSA) is 183 Å². The summed E-state index contributed by atoms with van der Waals surface area (Å²) in [5.41, 5.74) is 7.99. The van der Waals surface area contributed by atoms with Gasteiger partial charge >= 0.3 is 12.1 Å². The van der Waals surface area contributed by atoms with Crippen LogP contribution in [-0.4, -0.2) is 136 Å². The first-order chi connectivity index (χ1) is 29.4. The second-order valence-electron chi connectivity index (χ2n) is 14.9. The number of benzene rings is 2. The third-order valence-corrected chi connectivity index (χ3v) is 10.7. The van der Waals surface area contributed by atoms with E-state index in [0.717, 1.165) is 130 Å². The molecule has 63 heavy (non-hydrogen) atoms. The van der Waals surface area contributed by atoms with Crippen molar-refractivity contribution in [2.45, 2.75) is 54.6 Å². The molecule has 2 aromatic heterocycles. The number of carbonyl (C=O) groups is 2. The molecule has 4 aromatic rings. The van der Waals surface area contributed by atoms with Gasteiger partial charge < -0.3 is 50.6 Å². The minimum atomic E-state index is -0.212. The highest BCUT2D eigenvalue weighted by molar-refractivity contribution is 5.90. The van der Waals surface area contributed by atoms with Gasteiger partial charge in [-0.2, -0.15) is 0 Å². The number of carbonyl (C=O) groups excluding carboxylic acids is 2. The fraction of sp³-hybridized carbons (Fsp3) is 0.511. The molecule has 2 aromatic carbocycles. The van der Waals surface area contributed by atoms with Crippen LogP contribution in [0.3, 0.4) is 0 Å². The molecule has 6 heterocycles. The van der Waals surface area contributed by atoms with E-state index in [1.807, 2.05) is 62.4 Å². The summed E-state index contributed by atoms with van der Waals surface area (Å²) in [7, 11) is 1.74. The van der Waals surface area contributed by atoms with Gasteiger partial charge in [0.05, 0.1) is 44.4 Å². The van der Waals surface area contributed by atoms with Crippen LogP contribution in [0.2, 0.25) is 0 Å². The Kier molecular flexibility index (Phi) is 20.2. The summed E-state index contributed by atoms with van der Waals surface area (Å²) in [4.78, 5) is 50.2. The summed E-state index contributed by atoms with van der Waals surface area (Å²) < 4.78 is 16.3. The Hall–Kier alpha value is -5.17.